The van der Waals surface area contributed by atoms with Gasteiger partial charge in [-0.15, -0.1) is 11.6 Å². The smallest absolute Gasteiger partial charge is 0.377 e. The van der Waals surface area contributed by atoms with Gasteiger partial charge in [-0.2, -0.15) is 13.2 Å². The molecule has 0 saturated carbocycles. The maximum atomic E-state index is 11.6. The average Bonchev–Trinajstić information content (AvgIpc) is 2.01. The molecule has 0 amide bonds. The largest absolute Gasteiger partial charge is 0.389 e. The van der Waals surface area contributed by atoms with Crippen LogP contribution in [-0.4, -0.2) is 25.3 Å². The fourth-order valence-electron chi connectivity index (χ4n) is 0.630. The normalized spacial score (nSPS) is 11.7. The molecule has 0 aromatic carbocycles. The Morgan fingerprint density at radius 1 is 1.38 bits per heavy atom. The van der Waals surface area contributed by atoms with Gasteiger partial charge in [-0.05, 0) is 12.0 Å². The molecule has 0 N–H and O–H groups in total. The number of halogens is 4. The summed E-state index contributed by atoms with van der Waals surface area (Å²) in [6.07, 6.45) is -4.91. The average molecular weight is 217 g/mol. The molecule has 0 aliphatic rings. The van der Waals surface area contributed by atoms with E-state index >= 15 is 0 Å². The second-order valence-electron chi connectivity index (χ2n) is 2.65. The van der Waals surface area contributed by atoms with Crippen molar-refractivity contribution in [2.45, 2.75) is 19.0 Å². The van der Waals surface area contributed by atoms with Crippen LogP contribution >= 0.6 is 11.6 Å². The lowest BCUT2D eigenvalue weighted by molar-refractivity contribution is -0.137. The molecule has 0 spiro atoms. The van der Waals surface area contributed by atoms with Crippen molar-refractivity contribution in [2.24, 2.45) is 0 Å². The third-order valence-electron chi connectivity index (χ3n) is 1.24. The molecule has 0 bridgehead atoms. The molecule has 13 heavy (non-hydrogen) atoms. The molecule has 0 heterocycles. The summed E-state index contributed by atoms with van der Waals surface area (Å²) in [6, 6.07) is 0. The fraction of sp³-hybridized carbons (Fsp3) is 0.750. The molecule has 78 valence electrons. The summed E-state index contributed by atoms with van der Waals surface area (Å²) in [5.41, 5.74) is 0.675. The predicted octanol–water partition coefficient (Wildman–Crippen LogP) is 3.14. The van der Waals surface area contributed by atoms with Crippen LogP contribution in [0.4, 0.5) is 13.2 Å². The van der Waals surface area contributed by atoms with Crippen LogP contribution < -0.4 is 0 Å². The second kappa shape index (κ2) is 6.27. The highest BCUT2D eigenvalue weighted by molar-refractivity contribution is 6.19. The molecule has 0 aromatic heterocycles. The maximum Gasteiger partial charge on any atom is 0.389 e. The van der Waals surface area contributed by atoms with E-state index in [0.29, 0.717) is 5.57 Å². The summed E-state index contributed by atoms with van der Waals surface area (Å²) in [7, 11) is 0. The van der Waals surface area contributed by atoms with Crippen molar-refractivity contribution in [2.75, 3.05) is 19.1 Å². The molecule has 0 rings (SSSR count). The minimum Gasteiger partial charge on any atom is -0.377 e. The molecule has 0 aromatic rings. The van der Waals surface area contributed by atoms with Crippen LogP contribution in [0.3, 0.4) is 0 Å². The lowest BCUT2D eigenvalue weighted by Crippen LogP contribution is -2.09. The van der Waals surface area contributed by atoms with Crippen LogP contribution in [0.25, 0.3) is 0 Å². The van der Waals surface area contributed by atoms with Gasteiger partial charge in [-0.1, -0.05) is 6.58 Å². The highest BCUT2D eigenvalue weighted by atomic mass is 35.5. The highest BCUT2D eigenvalue weighted by Crippen LogP contribution is 2.20. The predicted molar refractivity (Wildman–Crippen MR) is 46.0 cm³/mol. The Kier molecular flexibility index (Phi) is 6.16. The van der Waals surface area contributed by atoms with E-state index in [1.807, 2.05) is 0 Å². The van der Waals surface area contributed by atoms with Gasteiger partial charge in [0.05, 0.1) is 6.61 Å². The Balaban J connectivity index is 3.22. The summed E-state index contributed by atoms with van der Waals surface area (Å²) < 4.78 is 39.7. The first-order valence-corrected chi connectivity index (χ1v) is 4.36. The summed E-state index contributed by atoms with van der Waals surface area (Å²) in [6.45, 7) is 3.87. The van der Waals surface area contributed by atoms with E-state index in [1.165, 1.54) is 0 Å². The van der Waals surface area contributed by atoms with Gasteiger partial charge in [0.25, 0.3) is 0 Å². The molecule has 1 nitrogen and oxygen atoms in total. The molecular formula is C8H12ClF3O. The number of rotatable bonds is 6. The minimum absolute atomic E-state index is 0.0148. The first kappa shape index (κ1) is 12.8. The van der Waals surface area contributed by atoms with Gasteiger partial charge in [-0.3, -0.25) is 0 Å². The fourth-order valence-corrected chi connectivity index (χ4v) is 0.707. The van der Waals surface area contributed by atoms with Crippen molar-refractivity contribution in [1.82, 2.24) is 0 Å². The van der Waals surface area contributed by atoms with Crippen molar-refractivity contribution >= 4 is 11.6 Å². The summed E-state index contributed by atoms with van der Waals surface area (Å²) in [5.74, 6) is 0.277. The van der Waals surface area contributed by atoms with Gasteiger partial charge >= 0.3 is 6.18 Å². The number of ether oxygens (including phenoxy) is 1. The van der Waals surface area contributed by atoms with Gasteiger partial charge in [0.1, 0.15) is 0 Å². The van der Waals surface area contributed by atoms with Crippen molar-refractivity contribution in [1.29, 1.82) is 0 Å². The van der Waals surface area contributed by atoms with Crippen LogP contribution in [0.15, 0.2) is 12.2 Å². The monoisotopic (exact) mass is 216 g/mol. The lowest BCUT2D eigenvalue weighted by Gasteiger charge is -2.06. The van der Waals surface area contributed by atoms with Gasteiger partial charge < -0.3 is 4.74 Å². The maximum absolute atomic E-state index is 11.6. The second-order valence-corrected chi connectivity index (χ2v) is 2.92. The van der Waals surface area contributed by atoms with Gasteiger partial charge in [0.15, 0.2) is 0 Å². The summed E-state index contributed by atoms with van der Waals surface area (Å²) in [5, 5.41) is 0. The van der Waals surface area contributed by atoms with E-state index in [1.54, 1.807) is 0 Å². The lowest BCUT2D eigenvalue weighted by atomic mass is 10.3. The van der Waals surface area contributed by atoms with Crippen molar-refractivity contribution in [3.05, 3.63) is 12.2 Å². The zero-order chi connectivity index (χ0) is 10.3. The highest BCUT2D eigenvalue weighted by Gasteiger charge is 2.25. The van der Waals surface area contributed by atoms with Crippen LogP contribution in [0.5, 0.6) is 0 Å². The minimum atomic E-state index is -4.09. The van der Waals surface area contributed by atoms with Crippen molar-refractivity contribution in [3.8, 4) is 0 Å². The third kappa shape index (κ3) is 9.70. The SMILES string of the molecule is C=C(CCl)COCCCC(F)(F)F. The van der Waals surface area contributed by atoms with E-state index in [9.17, 15) is 13.2 Å². The zero-order valence-electron chi connectivity index (χ0n) is 7.16. The molecule has 0 fully saturated rings. The van der Waals surface area contributed by atoms with E-state index in [-0.39, 0.29) is 25.5 Å². The van der Waals surface area contributed by atoms with Crippen molar-refractivity contribution in [3.63, 3.8) is 0 Å². The quantitative estimate of drug-likeness (QED) is 0.377. The molecule has 5 heteroatoms. The Bertz CT molecular complexity index is 156. The number of hydrogen-bond acceptors (Lipinski definition) is 1. The van der Waals surface area contributed by atoms with Crippen LogP contribution in [-0.2, 0) is 4.74 Å². The van der Waals surface area contributed by atoms with E-state index in [2.05, 4.69) is 6.58 Å². The Hall–Kier alpha value is -0.220. The summed E-state index contributed by atoms with van der Waals surface area (Å²) in [4.78, 5) is 0. The number of alkyl halides is 4. The third-order valence-corrected chi connectivity index (χ3v) is 1.62. The van der Waals surface area contributed by atoms with Gasteiger partial charge in [0.2, 0.25) is 0 Å². The van der Waals surface area contributed by atoms with Gasteiger partial charge in [-0.25, -0.2) is 0 Å². The van der Waals surface area contributed by atoms with Crippen LogP contribution in [0.2, 0.25) is 0 Å². The molecule has 0 unspecified atom stereocenters. The van der Waals surface area contributed by atoms with E-state index in [4.69, 9.17) is 16.3 Å². The molecule has 0 radical (unpaired) electrons. The first-order chi connectivity index (χ1) is 5.95. The Labute approximate surface area is 80.5 Å². The first-order valence-electron chi connectivity index (χ1n) is 3.83. The Morgan fingerprint density at radius 2 is 2.00 bits per heavy atom. The standard InChI is InChI=1S/C8H12ClF3O/c1-7(5-9)6-13-4-2-3-8(10,11)12/h1-6H2. The van der Waals surface area contributed by atoms with Crippen LogP contribution in [0.1, 0.15) is 12.8 Å². The van der Waals surface area contributed by atoms with E-state index in [0.717, 1.165) is 0 Å². The summed E-state index contributed by atoms with van der Waals surface area (Å²) >= 11 is 5.38. The zero-order valence-corrected chi connectivity index (χ0v) is 7.92. The molecule has 0 atom stereocenters. The molecule has 0 saturated heterocycles. The molecule has 0 aliphatic heterocycles. The van der Waals surface area contributed by atoms with Crippen LogP contribution in [0, 0.1) is 0 Å². The van der Waals surface area contributed by atoms with E-state index < -0.39 is 12.6 Å². The molecular weight excluding hydrogens is 205 g/mol. The topological polar surface area (TPSA) is 9.23 Å². The molecule has 0 aliphatic carbocycles. The van der Waals surface area contributed by atoms with Gasteiger partial charge in [0, 0.05) is 18.9 Å². The van der Waals surface area contributed by atoms with Crippen molar-refractivity contribution < 1.29 is 17.9 Å². The Morgan fingerprint density at radius 3 is 2.46 bits per heavy atom. The number of hydrogen-bond donors (Lipinski definition) is 0.